The Morgan fingerprint density at radius 2 is 2.19 bits per heavy atom. The van der Waals surface area contributed by atoms with E-state index in [-0.39, 0.29) is 30.4 Å². The van der Waals surface area contributed by atoms with Crippen LogP contribution in [0.3, 0.4) is 0 Å². The summed E-state index contributed by atoms with van der Waals surface area (Å²) in [5, 5.41) is 4.04. The van der Waals surface area contributed by atoms with Gasteiger partial charge >= 0.3 is 0 Å². The van der Waals surface area contributed by atoms with E-state index < -0.39 is 5.54 Å². The summed E-state index contributed by atoms with van der Waals surface area (Å²) in [6.07, 6.45) is 0.884. The van der Waals surface area contributed by atoms with E-state index in [4.69, 9.17) is 10.5 Å². The summed E-state index contributed by atoms with van der Waals surface area (Å²) in [7, 11) is 1.54. The first kappa shape index (κ1) is 20.7. The number of nitrogens with zero attached hydrogens (tertiary/aromatic N) is 1. The average molecular weight is 415 g/mol. The molecule has 0 amide bonds. The Balaban J connectivity index is 0.00000243. The number of benzene rings is 1. The molecule has 1 atom stereocenters. The van der Waals surface area contributed by atoms with Crippen LogP contribution in [0.1, 0.15) is 34.8 Å². The van der Waals surface area contributed by atoms with Crippen LogP contribution in [0.5, 0.6) is 5.75 Å². The number of ketones is 1. The number of carbonyl (C=O) groups is 1. The Labute approximate surface area is 166 Å². The molecule has 0 saturated heterocycles. The van der Waals surface area contributed by atoms with E-state index in [2.05, 4.69) is 4.99 Å². The zero-order chi connectivity index (χ0) is 18.0. The molecule has 0 spiro atoms. The molecular weight excluding hydrogens is 395 g/mol. The second kappa shape index (κ2) is 8.41. The Bertz CT molecular complexity index is 840. The molecule has 1 aromatic carbocycles. The Hall–Kier alpha value is -1.57. The van der Waals surface area contributed by atoms with Gasteiger partial charge in [-0.15, -0.1) is 23.7 Å². The van der Waals surface area contributed by atoms with E-state index >= 15 is 0 Å². The van der Waals surface area contributed by atoms with Crippen molar-refractivity contribution in [2.45, 2.75) is 25.3 Å². The van der Waals surface area contributed by atoms with Crippen LogP contribution in [0.2, 0.25) is 0 Å². The second-order valence-corrected chi connectivity index (χ2v) is 7.95. The van der Waals surface area contributed by atoms with Gasteiger partial charge in [0, 0.05) is 28.5 Å². The molecular formula is C18H20ClFN2O2S2. The van der Waals surface area contributed by atoms with Crippen LogP contribution in [0, 0.1) is 5.82 Å². The zero-order valence-corrected chi connectivity index (χ0v) is 16.9. The number of carbonyl (C=O) groups excluding carboxylic acids is 1. The van der Waals surface area contributed by atoms with Crippen molar-refractivity contribution in [3.8, 4) is 5.75 Å². The fourth-order valence-electron chi connectivity index (χ4n) is 2.90. The van der Waals surface area contributed by atoms with Crippen LogP contribution in [-0.2, 0) is 12.0 Å². The SMILES string of the molecule is COc1cscc1C(=O)Cc1ccc(F)c([C@]2(C)CCSC(N)=N2)c1.Cl. The number of ether oxygens (including phenoxy) is 1. The number of rotatable bonds is 5. The number of halogens is 2. The number of thioether (sulfide) groups is 1. The normalized spacial score (nSPS) is 19.4. The molecule has 0 aliphatic carbocycles. The first-order valence-electron chi connectivity index (χ1n) is 7.83. The summed E-state index contributed by atoms with van der Waals surface area (Å²) in [4.78, 5) is 17.0. The molecule has 1 aliphatic rings. The van der Waals surface area contributed by atoms with Crippen LogP contribution in [0.4, 0.5) is 4.39 Å². The Kier molecular flexibility index (Phi) is 6.71. The van der Waals surface area contributed by atoms with E-state index in [1.807, 2.05) is 6.92 Å². The Morgan fingerprint density at radius 1 is 1.42 bits per heavy atom. The molecule has 0 unspecified atom stereocenters. The predicted molar refractivity (Wildman–Crippen MR) is 109 cm³/mol. The van der Waals surface area contributed by atoms with Crippen LogP contribution >= 0.6 is 35.5 Å². The molecule has 0 radical (unpaired) electrons. The highest BCUT2D eigenvalue weighted by Crippen LogP contribution is 2.37. The molecule has 0 fully saturated rings. The van der Waals surface area contributed by atoms with Gasteiger partial charge in [-0.3, -0.25) is 9.79 Å². The summed E-state index contributed by atoms with van der Waals surface area (Å²) >= 11 is 2.89. The third-order valence-corrected chi connectivity index (χ3v) is 5.84. The van der Waals surface area contributed by atoms with Crippen LogP contribution in [-0.4, -0.2) is 23.8 Å². The highest BCUT2D eigenvalue weighted by Gasteiger charge is 2.32. The number of amidine groups is 1. The topological polar surface area (TPSA) is 64.7 Å². The number of hydrogen-bond donors (Lipinski definition) is 1. The molecule has 8 heteroatoms. The minimum Gasteiger partial charge on any atom is -0.495 e. The molecule has 0 saturated carbocycles. The summed E-state index contributed by atoms with van der Waals surface area (Å²) in [5.74, 6) is 0.991. The van der Waals surface area contributed by atoms with Gasteiger partial charge in [-0.05, 0) is 31.0 Å². The minimum absolute atomic E-state index is 0. The van der Waals surface area contributed by atoms with Crippen LogP contribution in [0.25, 0.3) is 0 Å². The van der Waals surface area contributed by atoms with Gasteiger partial charge in [0.1, 0.15) is 11.6 Å². The van der Waals surface area contributed by atoms with Crippen molar-refractivity contribution in [2.75, 3.05) is 12.9 Å². The molecule has 26 heavy (non-hydrogen) atoms. The monoisotopic (exact) mass is 414 g/mol. The van der Waals surface area contributed by atoms with Gasteiger partial charge in [0.15, 0.2) is 11.0 Å². The molecule has 2 N–H and O–H groups in total. The van der Waals surface area contributed by atoms with Crippen molar-refractivity contribution in [2.24, 2.45) is 10.7 Å². The smallest absolute Gasteiger partial charge is 0.171 e. The standard InChI is InChI=1S/C18H19FN2O2S2.ClH/c1-18(5-6-25-17(20)21-18)13-7-11(3-4-14(13)19)8-15(22)12-9-24-10-16(12)23-2;/h3-4,7,9-10H,5-6,8H2,1-2H3,(H2,20,21);1H/t18-;/m0./s1. The van der Waals surface area contributed by atoms with Crippen molar-refractivity contribution >= 4 is 46.5 Å². The van der Waals surface area contributed by atoms with Gasteiger partial charge in [0.2, 0.25) is 0 Å². The van der Waals surface area contributed by atoms with Gasteiger partial charge in [-0.2, -0.15) is 0 Å². The molecule has 3 rings (SSSR count). The maximum absolute atomic E-state index is 14.4. The van der Waals surface area contributed by atoms with Gasteiger partial charge in [-0.1, -0.05) is 17.8 Å². The van der Waals surface area contributed by atoms with Gasteiger partial charge < -0.3 is 10.5 Å². The van der Waals surface area contributed by atoms with E-state index in [9.17, 15) is 9.18 Å². The summed E-state index contributed by atoms with van der Waals surface area (Å²) < 4.78 is 19.6. The number of methoxy groups -OCH3 is 1. The lowest BCUT2D eigenvalue weighted by molar-refractivity contribution is 0.0990. The molecule has 4 nitrogen and oxygen atoms in total. The van der Waals surface area contributed by atoms with Crippen molar-refractivity contribution in [3.05, 3.63) is 51.5 Å². The predicted octanol–water partition coefficient (Wildman–Crippen LogP) is 4.41. The van der Waals surface area contributed by atoms with Crippen LogP contribution in [0.15, 0.2) is 34.0 Å². The average Bonchev–Trinajstić information content (AvgIpc) is 3.05. The Morgan fingerprint density at radius 3 is 2.88 bits per heavy atom. The van der Waals surface area contributed by atoms with E-state index in [1.54, 1.807) is 30.0 Å². The summed E-state index contributed by atoms with van der Waals surface area (Å²) in [6, 6.07) is 4.78. The highest BCUT2D eigenvalue weighted by atomic mass is 35.5. The molecule has 2 heterocycles. The molecule has 1 aromatic heterocycles. The maximum Gasteiger partial charge on any atom is 0.171 e. The van der Waals surface area contributed by atoms with Gasteiger partial charge in [-0.25, -0.2) is 4.39 Å². The number of Topliss-reactive ketones (excluding diaryl/α,β-unsaturated/α-hetero) is 1. The first-order valence-corrected chi connectivity index (χ1v) is 9.76. The van der Waals surface area contributed by atoms with Crippen molar-refractivity contribution in [1.82, 2.24) is 0 Å². The third kappa shape index (κ3) is 4.22. The quantitative estimate of drug-likeness (QED) is 0.736. The highest BCUT2D eigenvalue weighted by molar-refractivity contribution is 8.13. The lowest BCUT2D eigenvalue weighted by Crippen LogP contribution is -2.29. The summed E-state index contributed by atoms with van der Waals surface area (Å²) in [6.45, 7) is 1.88. The van der Waals surface area contributed by atoms with E-state index in [0.29, 0.717) is 28.5 Å². The second-order valence-electron chi connectivity index (χ2n) is 6.09. The van der Waals surface area contributed by atoms with Crippen molar-refractivity contribution in [3.63, 3.8) is 0 Å². The number of nitrogens with two attached hydrogens (primary N) is 1. The van der Waals surface area contributed by atoms with Crippen molar-refractivity contribution < 1.29 is 13.9 Å². The fraction of sp³-hybridized carbons (Fsp3) is 0.333. The number of aliphatic imine (C=N–C) groups is 1. The number of thiophene rings is 1. The molecule has 140 valence electrons. The zero-order valence-electron chi connectivity index (χ0n) is 14.5. The lowest BCUT2D eigenvalue weighted by atomic mass is 9.87. The fourth-order valence-corrected chi connectivity index (χ4v) is 4.68. The molecule has 1 aliphatic heterocycles. The summed E-state index contributed by atoms with van der Waals surface area (Å²) in [5.41, 5.74) is 6.93. The lowest BCUT2D eigenvalue weighted by Gasteiger charge is -2.30. The third-order valence-electron chi connectivity index (χ3n) is 4.32. The molecule has 0 bridgehead atoms. The minimum atomic E-state index is -0.696. The largest absolute Gasteiger partial charge is 0.495 e. The number of hydrogen-bond acceptors (Lipinski definition) is 6. The first-order chi connectivity index (χ1) is 11.9. The van der Waals surface area contributed by atoms with Crippen LogP contribution < -0.4 is 10.5 Å². The molecule has 2 aromatic rings. The van der Waals surface area contributed by atoms with Gasteiger partial charge in [0.25, 0.3) is 0 Å². The maximum atomic E-state index is 14.4. The van der Waals surface area contributed by atoms with Crippen molar-refractivity contribution in [1.29, 1.82) is 0 Å². The van der Waals surface area contributed by atoms with E-state index in [1.165, 1.54) is 29.2 Å². The van der Waals surface area contributed by atoms with E-state index in [0.717, 1.165) is 11.3 Å². The van der Waals surface area contributed by atoms with Gasteiger partial charge in [0.05, 0.1) is 18.2 Å².